The minimum atomic E-state index is -2.86. The third-order valence-electron chi connectivity index (χ3n) is 30.1. The lowest BCUT2D eigenvalue weighted by Gasteiger charge is -2.47. The number of rotatable bonds is 12. The van der Waals surface area contributed by atoms with Crippen molar-refractivity contribution in [3.63, 3.8) is 0 Å². The molecule has 8 aromatic rings. The number of esters is 2. The average Bonchev–Trinajstić information content (AvgIpc) is 0.742. The van der Waals surface area contributed by atoms with Gasteiger partial charge < -0.3 is 49.8 Å². The zero-order valence-electron chi connectivity index (χ0n) is 85.8. The van der Waals surface area contributed by atoms with E-state index in [1.165, 1.54) is 30.8 Å². The maximum Gasteiger partial charge on any atom is 0.325 e. The van der Waals surface area contributed by atoms with E-state index in [4.69, 9.17) is 33.4 Å². The van der Waals surface area contributed by atoms with Gasteiger partial charge in [0.2, 0.25) is 23.6 Å². The molecule has 16 rings (SSSR count). The summed E-state index contributed by atoms with van der Waals surface area (Å²) in [6.45, 7) is 32.1. The molecule has 28 heteroatoms. The SMILES string of the molecule is CC(=O)C1CCC(O)CC1.CC(=O)C1CCC(O[Si](c2ccccc2)(c2ccccc2)C(C)(C)C)CC1.CC(C)[C@@H]1NC(=O)C2(/C=C/c3ccc4ccc(nc4c3)[C@@H](C)OC(=O)[C@@H]3CCCN(N3)C(=O)[C@H](C)NC1=O)CCC(O)CC2.CC(C)[C@@H]1NC(=O)C2(/C=C/c3ccc4ccc(nc4c3)[C@@H](C)OC(=O)[C@@H]3CCCN(N3)C(=O)[C@H](C)NC1=O)CCC(O[Si](c1ccccc1)(c1ccccc1)C(C)(C)C)CC2. The Hall–Kier alpha value is -11.1. The van der Waals surface area contributed by atoms with Crippen LogP contribution in [0, 0.1) is 34.5 Å². The number of aromatic nitrogens is 2. The van der Waals surface area contributed by atoms with Gasteiger partial charge in [0.25, 0.3) is 28.4 Å². The first kappa shape index (κ1) is 108. The van der Waals surface area contributed by atoms with Gasteiger partial charge in [-0.2, -0.15) is 0 Å². The van der Waals surface area contributed by atoms with E-state index in [2.05, 4.69) is 183 Å². The standard InChI is InChI=1S/C49H61N5O6Si.C33H43N5O6.C24H32O2Si.C8H14O2/c1-32(2)43-44(55)50-33(3)45(56)54-30-14-19-41(53-54)46(57)59-34(4)40-23-22-36-21-20-35(31-42(36)51-40)24-27-49(47(58)52-43)28-25-37(26-29-49)60-61(48(5,6)7,38-15-10-8-11-16-38)39-17-12-9-13-18-39;1-19(2)28-29(40)34-20(3)30(41)38-17-5-6-26(37-38)31(42)44-21(4)25-10-9-23-8-7-22(18-27(23)35-25)11-14-33(32(43)36-28)15-12-24(39)13-16-33;1-19(25)20-15-17-21(18-16-20)26-27(24(2,3)4,22-11-7-5-8-12-22)23-13-9-6-10-14-23;1-6(9)7-2-4-8(10)5-3-7/h8-13,15-18,20-24,27,31-34,37,41,43,53H,14,19,25-26,28-30H2,1-7H3,(H,50,55)(H,52,58);7-11,14,18-21,24,26,28,37,39H,5-6,12-13,15-17H2,1-4H3,(H,34,40)(H,36,43);5-14,20-21H,15-18H2,1-4H3;7-8,10H,2-5H2,1H3/b27-24+;14-11+;;/t33-,34+,37?,41-,43-,49?;20-,21+,24?,26-,28-,33?;;/m00../s1. The van der Waals surface area contributed by atoms with Crippen LogP contribution in [0.2, 0.25) is 10.1 Å². The van der Waals surface area contributed by atoms with Crippen molar-refractivity contribution in [1.82, 2.24) is 52.1 Å². The van der Waals surface area contributed by atoms with Crippen LogP contribution in [0.15, 0.2) is 194 Å². The molecule has 760 valence electrons. The highest BCUT2D eigenvalue weighted by atomic mass is 28.4. The smallest absolute Gasteiger partial charge is 0.325 e. The number of pyridine rings is 2. The molecule has 142 heavy (non-hydrogen) atoms. The molecule has 8 atom stereocenters. The molecule has 2 saturated heterocycles. The number of hydrogen-bond donors (Lipinski definition) is 8. The van der Waals surface area contributed by atoms with Gasteiger partial charge in [0.05, 0.1) is 45.5 Å². The minimum absolute atomic E-state index is 0.00707. The van der Waals surface area contributed by atoms with Gasteiger partial charge in [-0.1, -0.05) is 251 Å². The summed E-state index contributed by atoms with van der Waals surface area (Å²) in [7, 11) is -5.33. The molecule has 8 N–H and O–H groups in total. The highest BCUT2D eigenvalue weighted by Crippen LogP contribution is 2.47. The fourth-order valence-electron chi connectivity index (χ4n) is 21.4. The van der Waals surface area contributed by atoms with Crippen molar-refractivity contribution in [2.24, 2.45) is 34.5 Å². The molecule has 8 aliphatic rings. The molecular formula is C114H150N10O16Si2. The minimum Gasteiger partial charge on any atom is -0.455 e. The van der Waals surface area contributed by atoms with Gasteiger partial charge in [-0.15, -0.1) is 0 Å². The summed E-state index contributed by atoms with van der Waals surface area (Å²) in [5.41, 5.74) is 8.48. The highest BCUT2D eigenvalue weighted by molar-refractivity contribution is 7.00. The topological polar surface area (TPSA) is 353 Å². The fourth-order valence-corrected chi connectivity index (χ4v) is 30.9. The third-order valence-corrected chi connectivity index (χ3v) is 40.3. The fraction of sp³-hybridized carbons (Fsp3) is 0.509. The number of hydrazine groups is 2. The van der Waals surface area contributed by atoms with E-state index in [1.54, 1.807) is 41.5 Å². The lowest BCUT2D eigenvalue weighted by Crippen LogP contribution is -2.68. The number of benzene rings is 6. The van der Waals surface area contributed by atoms with E-state index in [0.29, 0.717) is 113 Å². The van der Waals surface area contributed by atoms with Gasteiger partial charge in [-0.3, -0.25) is 58.0 Å². The monoisotopic (exact) mass is 1970 g/mol. The van der Waals surface area contributed by atoms with Crippen LogP contribution in [-0.2, 0) is 66.3 Å². The summed E-state index contributed by atoms with van der Waals surface area (Å²) < 4.78 is 26.4. The number of nitrogens with one attached hydrogen (secondary N) is 6. The molecule has 4 aliphatic heterocycles. The number of hydrogen-bond acceptors (Lipinski definition) is 20. The number of carbonyl (C=O) groups is 10. The molecule has 6 amide bonds. The maximum absolute atomic E-state index is 14.9. The third kappa shape index (κ3) is 26.0. The van der Waals surface area contributed by atoms with Crippen molar-refractivity contribution >= 4 is 130 Å². The average molecular weight is 1970 g/mol. The van der Waals surface area contributed by atoms with E-state index >= 15 is 0 Å². The molecule has 6 fully saturated rings. The summed E-state index contributed by atoms with van der Waals surface area (Å²) in [6.07, 6.45) is 19.5. The zero-order valence-corrected chi connectivity index (χ0v) is 87.8. The number of ether oxygens (including phenoxy) is 2. The Balaban J connectivity index is 0.000000181. The van der Waals surface area contributed by atoms with Crippen molar-refractivity contribution in [2.45, 2.75) is 322 Å². The predicted molar refractivity (Wildman–Crippen MR) is 559 cm³/mol. The molecule has 10 bridgehead atoms. The first-order valence-corrected chi connectivity index (χ1v) is 55.4. The molecule has 6 aromatic carbocycles. The van der Waals surface area contributed by atoms with Crippen LogP contribution in [0.1, 0.15) is 274 Å². The maximum atomic E-state index is 14.9. The van der Waals surface area contributed by atoms with Crippen LogP contribution in [-0.4, -0.2) is 180 Å². The summed E-state index contributed by atoms with van der Waals surface area (Å²) in [5, 5.41) is 40.6. The van der Waals surface area contributed by atoms with E-state index in [9.17, 15) is 53.1 Å². The van der Waals surface area contributed by atoms with E-state index in [1.807, 2.05) is 125 Å². The predicted octanol–water partition coefficient (Wildman–Crippen LogP) is 15.3. The lowest BCUT2D eigenvalue weighted by molar-refractivity contribution is -0.158. The number of fused-ring (bicyclic) bond motifs is 8. The van der Waals surface area contributed by atoms with Crippen LogP contribution >= 0.6 is 0 Å². The molecule has 26 nitrogen and oxygen atoms in total. The number of amides is 6. The summed E-state index contributed by atoms with van der Waals surface area (Å²) in [6, 6.07) is 57.1. The second-order valence-electron chi connectivity index (χ2n) is 43.2. The summed E-state index contributed by atoms with van der Waals surface area (Å²) in [5.74, 6) is -2.64. The Labute approximate surface area is 840 Å². The number of carbonyl (C=O) groups excluding carboxylic acids is 10. The van der Waals surface area contributed by atoms with Gasteiger partial charge in [0.1, 0.15) is 60.0 Å². The molecule has 0 radical (unpaired) electrons. The number of ketones is 2. The number of Topliss-reactive ketones (excluding diaryl/α,β-unsaturated/α-hetero) is 2. The highest BCUT2D eigenvalue weighted by Gasteiger charge is 2.55. The number of cyclic esters (lactones) is 2. The number of aliphatic hydroxyl groups is 2. The quantitative estimate of drug-likeness (QED) is 0.0416. The first-order valence-electron chi connectivity index (χ1n) is 51.5. The molecule has 2 aromatic heterocycles. The molecule has 4 saturated carbocycles. The Bertz CT molecular complexity index is 5680. The number of aliphatic hydroxyl groups excluding tert-OH is 2. The zero-order chi connectivity index (χ0) is 102. The van der Waals surface area contributed by atoms with Crippen molar-refractivity contribution < 1.29 is 76.5 Å². The van der Waals surface area contributed by atoms with E-state index < -0.39 is 112 Å². The van der Waals surface area contributed by atoms with Crippen LogP contribution < -0.4 is 52.9 Å². The molecular weight excluding hydrogens is 1820 g/mol. The van der Waals surface area contributed by atoms with E-state index in [0.717, 1.165) is 78.8 Å². The van der Waals surface area contributed by atoms with Gasteiger partial charge in [-0.25, -0.2) is 20.8 Å². The Morgan fingerprint density at radius 1 is 0.423 bits per heavy atom. The van der Waals surface area contributed by atoms with Crippen molar-refractivity contribution in [3.8, 4) is 0 Å². The van der Waals surface area contributed by atoms with Gasteiger partial charge in [-0.05, 0) is 248 Å². The van der Waals surface area contributed by atoms with Crippen LogP contribution in [0.4, 0.5) is 0 Å². The van der Waals surface area contributed by atoms with Crippen LogP contribution in [0.5, 0.6) is 0 Å². The van der Waals surface area contributed by atoms with Gasteiger partial charge in [0, 0.05) is 47.9 Å². The van der Waals surface area contributed by atoms with Gasteiger partial charge in [0.15, 0.2) is 0 Å². The molecule has 4 aliphatic carbocycles. The Morgan fingerprint density at radius 2 is 0.746 bits per heavy atom. The van der Waals surface area contributed by atoms with Crippen molar-refractivity contribution in [3.05, 3.63) is 217 Å². The van der Waals surface area contributed by atoms with Crippen LogP contribution in [0.3, 0.4) is 0 Å². The molecule has 2 spiro atoms. The van der Waals surface area contributed by atoms with Crippen molar-refractivity contribution in [2.75, 3.05) is 13.1 Å². The largest absolute Gasteiger partial charge is 0.455 e. The number of nitrogens with zero attached hydrogens (tertiary/aromatic N) is 4. The van der Waals surface area contributed by atoms with Gasteiger partial charge >= 0.3 is 11.9 Å². The summed E-state index contributed by atoms with van der Waals surface area (Å²) in [4.78, 5) is 142. The first-order chi connectivity index (χ1) is 67.6. The Morgan fingerprint density at radius 3 is 1.08 bits per heavy atom. The second-order valence-corrected chi connectivity index (χ2v) is 51.7. The molecule has 0 unspecified atom stereocenters. The lowest BCUT2D eigenvalue weighted by atomic mass is 9.71. The van der Waals surface area contributed by atoms with Crippen molar-refractivity contribution in [1.29, 1.82) is 0 Å². The van der Waals surface area contributed by atoms with Crippen LogP contribution in [0.25, 0.3) is 34.0 Å². The molecule has 6 heterocycles. The summed E-state index contributed by atoms with van der Waals surface area (Å²) >= 11 is 0. The van der Waals surface area contributed by atoms with E-state index in [-0.39, 0.29) is 75.6 Å². The Kier molecular flexibility index (Phi) is 36.3. The second kappa shape index (κ2) is 47.6. The normalized spacial score (nSPS) is 27.5.